The van der Waals surface area contributed by atoms with Crippen LogP contribution in [0, 0.1) is 0 Å². The highest BCUT2D eigenvalue weighted by molar-refractivity contribution is 7.94. The molecule has 0 spiro atoms. The van der Waals surface area contributed by atoms with Gasteiger partial charge in [0.05, 0.1) is 15.5 Å². The number of amides is 1. The number of fused-ring (bicyclic) bond motifs is 3. The molecule has 2 aliphatic rings. The number of para-hydroxylation sites is 1. The first-order valence-electron chi connectivity index (χ1n) is 9.26. The summed E-state index contributed by atoms with van der Waals surface area (Å²) in [6, 6.07) is 7.31. The molecule has 2 fully saturated rings. The van der Waals surface area contributed by atoms with E-state index in [4.69, 9.17) is 4.74 Å². The number of thiazole rings is 1. The monoisotopic (exact) mass is 408 g/mol. The standard InChI is InChI=1S/C19H24N2O4S2/c1-19(2,3)25-18(22)21-12-8-9-13(21)11-14(10-12)27(23,24)17-20-15-6-4-5-7-16(15)26-17/h4-7,12-14H,8-11H2,1-3H3. The maximum atomic E-state index is 13.2. The van der Waals surface area contributed by atoms with Gasteiger partial charge < -0.3 is 9.64 Å². The minimum atomic E-state index is -3.51. The number of benzene rings is 1. The molecule has 146 valence electrons. The van der Waals surface area contributed by atoms with Crippen molar-refractivity contribution in [1.82, 2.24) is 9.88 Å². The summed E-state index contributed by atoms with van der Waals surface area (Å²) >= 11 is 1.23. The average Bonchev–Trinajstić information content (AvgIpc) is 3.12. The highest BCUT2D eigenvalue weighted by atomic mass is 32.2. The lowest BCUT2D eigenvalue weighted by atomic mass is 10.0. The van der Waals surface area contributed by atoms with Gasteiger partial charge in [0.15, 0.2) is 0 Å². The second-order valence-electron chi connectivity index (χ2n) is 8.36. The molecule has 0 N–H and O–H groups in total. The van der Waals surface area contributed by atoms with Crippen LogP contribution in [-0.2, 0) is 14.6 Å². The zero-order valence-corrected chi connectivity index (χ0v) is 17.3. The van der Waals surface area contributed by atoms with Crippen LogP contribution in [0.3, 0.4) is 0 Å². The lowest BCUT2D eigenvalue weighted by Crippen LogP contribution is -2.51. The molecule has 1 aromatic carbocycles. The number of carbonyl (C=O) groups excluding carboxylic acids is 1. The van der Waals surface area contributed by atoms with Crippen LogP contribution in [-0.4, -0.2) is 47.3 Å². The van der Waals surface area contributed by atoms with Crippen LogP contribution in [0.1, 0.15) is 46.5 Å². The lowest BCUT2D eigenvalue weighted by Gasteiger charge is -2.38. The van der Waals surface area contributed by atoms with Crippen molar-refractivity contribution in [3.63, 3.8) is 0 Å². The molecule has 2 unspecified atom stereocenters. The van der Waals surface area contributed by atoms with Gasteiger partial charge >= 0.3 is 6.09 Å². The summed E-state index contributed by atoms with van der Waals surface area (Å²) in [5.41, 5.74) is 0.163. The number of piperidine rings is 1. The van der Waals surface area contributed by atoms with Gasteiger partial charge in [0.1, 0.15) is 5.60 Å². The largest absolute Gasteiger partial charge is 0.444 e. The molecule has 2 bridgehead atoms. The molecule has 1 aromatic heterocycles. The summed E-state index contributed by atoms with van der Waals surface area (Å²) in [5, 5.41) is -0.491. The highest BCUT2D eigenvalue weighted by Crippen LogP contribution is 2.41. The molecule has 2 aromatic rings. The molecular formula is C19H24N2O4S2. The van der Waals surface area contributed by atoms with Gasteiger partial charge in [-0.2, -0.15) is 0 Å². The van der Waals surface area contributed by atoms with E-state index in [-0.39, 0.29) is 22.5 Å². The number of carbonyl (C=O) groups is 1. The predicted molar refractivity (Wildman–Crippen MR) is 105 cm³/mol. The summed E-state index contributed by atoms with van der Waals surface area (Å²) in [6.07, 6.45) is 2.24. The maximum absolute atomic E-state index is 13.2. The van der Waals surface area contributed by atoms with Crippen LogP contribution >= 0.6 is 11.3 Å². The van der Waals surface area contributed by atoms with Gasteiger partial charge in [-0.1, -0.05) is 12.1 Å². The molecule has 4 rings (SSSR count). The van der Waals surface area contributed by atoms with Crippen molar-refractivity contribution in [2.45, 2.75) is 73.7 Å². The third-order valence-corrected chi connectivity index (χ3v) is 8.87. The zero-order chi connectivity index (χ0) is 19.4. The Bertz CT molecular complexity index is 930. The van der Waals surface area contributed by atoms with Crippen LogP contribution < -0.4 is 0 Å². The quantitative estimate of drug-likeness (QED) is 0.751. The number of hydrogen-bond donors (Lipinski definition) is 0. The van der Waals surface area contributed by atoms with Crippen molar-refractivity contribution in [3.8, 4) is 0 Å². The summed E-state index contributed by atoms with van der Waals surface area (Å²) in [5.74, 6) is 0. The van der Waals surface area contributed by atoms with Crippen LogP contribution in [0.5, 0.6) is 0 Å². The van der Waals surface area contributed by atoms with E-state index in [1.54, 1.807) is 4.90 Å². The Hall–Kier alpha value is -1.67. The van der Waals surface area contributed by atoms with Gasteiger partial charge in [-0.25, -0.2) is 18.2 Å². The molecule has 27 heavy (non-hydrogen) atoms. The molecule has 6 nitrogen and oxygen atoms in total. The van der Waals surface area contributed by atoms with E-state index in [0.717, 1.165) is 23.1 Å². The molecule has 8 heteroatoms. The zero-order valence-electron chi connectivity index (χ0n) is 15.7. The van der Waals surface area contributed by atoms with E-state index in [9.17, 15) is 13.2 Å². The Morgan fingerprint density at radius 1 is 1.19 bits per heavy atom. The Morgan fingerprint density at radius 2 is 1.81 bits per heavy atom. The fourth-order valence-corrected chi connectivity index (χ4v) is 7.41. The number of sulfone groups is 1. The van der Waals surface area contributed by atoms with Crippen LogP contribution in [0.25, 0.3) is 10.2 Å². The summed E-state index contributed by atoms with van der Waals surface area (Å²) < 4.78 is 33.0. The van der Waals surface area contributed by atoms with Crippen molar-refractivity contribution in [1.29, 1.82) is 0 Å². The first-order chi connectivity index (χ1) is 12.6. The van der Waals surface area contributed by atoms with Crippen molar-refractivity contribution < 1.29 is 17.9 Å². The summed E-state index contributed by atoms with van der Waals surface area (Å²) in [7, 11) is -3.51. The Labute approximate surface area is 163 Å². The Morgan fingerprint density at radius 3 is 2.41 bits per heavy atom. The second-order valence-corrected chi connectivity index (χ2v) is 11.8. The Kier molecular flexibility index (Phi) is 4.46. The van der Waals surface area contributed by atoms with Gasteiger partial charge in [0.25, 0.3) is 0 Å². The Balaban J connectivity index is 1.56. The number of rotatable bonds is 2. The maximum Gasteiger partial charge on any atom is 0.410 e. The first kappa shape index (κ1) is 18.7. The lowest BCUT2D eigenvalue weighted by molar-refractivity contribution is 0.00813. The van der Waals surface area contributed by atoms with E-state index in [1.165, 1.54) is 11.3 Å². The average molecular weight is 409 g/mol. The minimum absolute atomic E-state index is 0.0762. The van der Waals surface area contributed by atoms with E-state index in [1.807, 2.05) is 45.0 Å². The van der Waals surface area contributed by atoms with Gasteiger partial charge in [0, 0.05) is 12.1 Å². The molecule has 1 amide bonds. The SMILES string of the molecule is CC(C)(C)OC(=O)N1C2CCC1CC(S(=O)(=O)c1nc3ccccc3s1)C2. The first-order valence-corrected chi connectivity index (χ1v) is 11.6. The summed E-state index contributed by atoms with van der Waals surface area (Å²) in [6.45, 7) is 5.53. The molecule has 2 atom stereocenters. The van der Waals surface area contributed by atoms with Crippen molar-refractivity contribution in [3.05, 3.63) is 24.3 Å². The molecule has 0 radical (unpaired) electrons. The van der Waals surface area contributed by atoms with Crippen LogP contribution in [0.2, 0.25) is 0 Å². The summed E-state index contributed by atoms with van der Waals surface area (Å²) in [4.78, 5) is 18.7. The van der Waals surface area contributed by atoms with Gasteiger partial charge in [-0.3, -0.25) is 0 Å². The third-order valence-electron chi connectivity index (χ3n) is 5.25. The van der Waals surface area contributed by atoms with Gasteiger partial charge in [0.2, 0.25) is 14.2 Å². The van der Waals surface area contributed by atoms with Crippen molar-refractivity contribution in [2.24, 2.45) is 0 Å². The molecule has 2 aliphatic heterocycles. The number of hydrogen-bond acceptors (Lipinski definition) is 6. The van der Waals surface area contributed by atoms with E-state index >= 15 is 0 Å². The second kappa shape index (κ2) is 6.44. The fourth-order valence-electron chi connectivity index (χ4n) is 4.11. The van der Waals surface area contributed by atoms with Crippen molar-refractivity contribution in [2.75, 3.05) is 0 Å². The molecular weight excluding hydrogens is 384 g/mol. The smallest absolute Gasteiger partial charge is 0.410 e. The van der Waals surface area contributed by atoms with E-state index < -0.39 is 20.7 Å². The fraction of sp³-hybridized carbons (Fsp3) is 0.579. The van der Waals surface area contributed by atoms with Gasteiger partial charge in [-0.15, -0.1) is 11.3 Å². The normalized spacial score (nSPS) is 25.7. The molecule has 0 aliphatic carbocycles. The predicted octanol–water partition coefficient (Wildman–Crippen LogP) is 4.00. The van der Waals surface area contributed by atoms with Crippen molar-refractivity contribution >= 4 is 37.5 Å². The third kappa shape index (κ3) is 3.45. The number of nitrogens with zero attached hydrogens (tertiary/aromatic N) is 2. The number of ether oxygens (including phenoxy) is 1. The van der Waals surface area contributed by atoms with Gasteiger partial charge in [-0.05, 0) is 58.6 Å². The van der Waals surface area contributed by atoms with Crippen LogP contribution in [0.15, 0.2) is 28.6 Å². The van der Waals surface area contributed by atoms with Crippen LogP contribution in [0.4, 0.5) is 4.79 Å². The molecule has 2 saturated heterocycles. The molecule has 3 heterocycles. The minimum Gasteiger partial charge on any atom is -0.444 e. The van der Waals surface area contributed by atoms with E-state index in [0.29, 0.717) is 12.8 Å². The van der Waals surface area contributed by atoms with E-state index in [2.05, 4.69) is 4.98 Å². The molecule has 0 saturated carbocycles. The highest BCUT2D eigenvalue weighted by Gasteiger charge is 2.49. The number of aromatic nitrogens is 1. The topological polar surface area (TPSA) is 76.6 Å².